The Kier molecular flexibility index (Phi) is 21.5. The van der Waals surface area contributed by atoms with Crippen molar-refractivity contribution in [2.75, 3.05) is 0 Å². The van der Waals surface area contributed by atoms with Gasteiger partial charge in [0, 0.05) is 26.4 Å². The molecule has 6 rings (SSSR count). The lowest BCUT2D eigenvalue weighted by molar-refractivity contribution is -0.157. The SMILES string of the molecule is CC(C)CCC[C@@H](C)[C@H]1CC[C@H]2[C@@H]3CC=C4C[C@@H](OC(=O)CCC(=O)OC(CCCC(=O)Oc5c(I)cc(I)cc5I)CCCC(=O)Oc5c(I)cc(I)cc5I)CC[C@]4(C)[C@H]3CC[C@]12C. The number of hydrogen-bond donors (Lipinski definition) is 0. The van der Waals surface area contributed by atoms with Gasteiger partial charge < -0.3 is 18.9 Å². The summed E-state index contributed by atoms with van der Waals surface area (Å²) in [6.07, 6.45) is 16.9. The zero-order valence-electron chi connectivity index (χ0n) is 39.0. The van der Waals surface area contributed by atoms with E-state index in [1.54, 1.807) is 0 Å². The molecule has 66 heavy (non-hydrogen) atoms. The molecule has 0 amide bonds. The van der Waals surface area contributed by atoms with Gasteiger partial charge in [0.2, 0.25) is 0 Å². The van der Waals surface area contributed by atoms with Crippen LogP contribution < -0.4 is 9.47 Å². The predicted octanol–water partition coefficient (Wildman–Crippen LogP) is 15.8. The van der Waals surface area contributed by atoms with Gasteiger partial charge in [0.05, 0.1) is 27.1 Å². The van der Waals surface area contributed by atoms with Gasteiger partial charge in [-0.3, -0.25) is 19.2 Å². The van der Waals surface area contributed by atoms with Crippen molar-refractivity contribution < 1.29 is 38.1 Å². The normalized spacial score (nSPS) is 26.2. The van der Waals surface area contributed by atoms with Gasteiger partial charge >= 0.3 is 23.9 Å². The van der Waals surface area contributed by atoms with E-state index in [0.29, 0.717) is 48.5 Å². The van der Waals surface area contributed by atoms with Crippen LogP contribution in [-0.4, -0.2) is 36.1 Å². The van der Waals surface area contributed by atoms with Gasteiger partial charge in [-0.2, -0.15) is 0 Å². The minimum absolute atomic E-state index is 0.0559. The third kappa shape index (κ3) is 14.6. The molecular weight excluding hydrogens is 1510 g/mol. The van der Waals surface area contributed by atoms with E-state index in [1.165, 1.54) is 50.5 Å². The summed E-state index contributed by atoms with van der Waals surface area (Å²) in [4.78, 5) is 52.4. The van der Waals surface area contributed by atoms with Gasteiger partial charge in [0.1, 0.15) is 12.2 Å². The fourth-order valence-corrected chi connectivity index (χ4v) is 19.8. The Morgan fingerprint density at radius 3 is 1.76 bits per heavy atom. The molecule has 0 heterocycles. The lowest BCUT2D eigenvalue weighted by Crippen LogP contribution is -2.51. The molecule has 14 heteroatoms. The summed E-state index contributed by atoms with van der Waals surface area (Å²) in [5.74, 6) is 4.19. The first-order valence-corrected chi connectivity index (χ1v) is 30.5. The van der Waals surface area contributed by atoms with E-state index in [9.17, 15) is 19.2 Å². The Balaban J connectivity index is 0.987. The number of halogens is 6. The Labute approximate surface area is 475 Å². The van der Waals surface area contributed by atoms with Crippen LogP contribution in [0.1, 0.15) is 157 Å². The maximum absolute atomic E-state index is 13.3. The average molecular weight is 1580 g/mol. The first-order chi connectivity index (χ1) is 31.3. The van der Waals surface area contributed by atoms with Gasteiger partial charge in [-0.05, 0) is 277 Å². The number of rotatable bonds is 20. The summed E-state index contributed by atoms with van der Waals surface area (Å²) in [7, 11) is 0. The number of ether oxygens (including phenoxy) is 4. The highest BCUT2D eigenvalue weighted by Gasteiger charge is 2.59. The van der Waals surface area contributed by atoms with Gasteiger partial charge in [-0.25, -0.2) is 0 Å². The lowest BCUT2D eigenvalue weighted by Gasteiger charge is -2.58. The highest BCUT2D eigenvalue weighted by Crippen LogP contribution is 2.67. The van der Waals surface area contributed by atoms with Crippen molar-refractivity contribution in [3.63, 3.8) is 0 Å². The topological polar surface area (TPSA) is 105 Å². The zero-order valence-corrected chi connectivity index (χ0v) is 51.9. The molecule has 4 aliphatic carbocycles. The smallest absolute Gasteiger partial charge is 0.311 e. The van der Waals surface area contributed by atoms with E-state index in [2.05, 4.69) is 176 Å². The summed E-state index contributed by atoms with van der Waals surface area (Å²) in [6, 6.07) is 7.83. The number of carbonyl (C=O) groups is 4. The number of hydrogen-bond acceptors (Lipinski definition) is 8. The van der Waals surface area contributed by atoms with Crippen LogP contribution in [0.15, 0.2) is 35.9 Å². The molecule has 0 unspecified atom stereocenters. The number of fused-ring (bicyclic) bond motifs is 5. The molecule has 0 N–H and O–H groups in total. The van der Waals surface area contributed by atoms with Crippen molar-refractivity contribution in [1.82, 2.24) is 0 Å². The highest BCUT2D eigenvalue weighted by atomic mass is 127. The quantitative estimate of drug-likeness (QED) is 0.0559. The van der Waals surface area contributed by atoms with E-state index in [4.69, 9.17) is 18.9 Å². The molecular formula is C52H66I6O8. The average Bonchev–Trinajstić information content (AvgIpc) is 3.60. The fraction of sp³-hybridized carbons (Fsp3) is 0.654. The largest absolute Gasteiger partial charge is 0.462 e. The monoisotopic (exact) mass is 1580 g/mol. The van der Waals surface area contributed by atoms with E-state index >= 15 is 0 Å². The maximum atomic E-state index is 13.3. The van der Waals surface area contributed by atoms with E-state index in [1.807, 2.05) is 24.3 Å². The van der Waals surface area contributed by atoms with Crippen LogP contribution in [0.25, 0.3) is 0 Å². The predicted molar refractivity (Wildman–Crippen MR) is 310 cm³/mol. The number of esters is 4. The van der Waals surface area contributed by atoms with Crippen LogP contribution in [0.2, 0.25) is 0 Å². The minimum atomic E-state index is -0.546. The molecule has 0 aliphatic heterocycles. The van der Waals surface area contributed by atoms with E-state index in [-0.39, 0.29) is 55.1 Å². The van der Waals surface area contributed by atoms with Gasteiger partial charge in [-0.1, -0.05) is 65.5 Å². The molecule has 8 nitrogen and oxygen atoms in total. The third-order valence-electron chi connectivity index (χ3n) is 15.6. The van der Waals surface area contributed by atoms with Gasteiger partial charge in [0.25, 0.3) is 0 Å². The highest BCUT2D eigenvalue weighted by molar-refractivity contribution is 14.1. The van der Waals surface area contributed by atoms with Crippen LogP contribution in [0.4, 0.5) is 0 Å². The molecule has 0 spiro atoms. The van der Waals surface area contributed by atoms with Crippen molar-refractivity contribution in [1.29, 1.82) is 0 Å². The van der Waals surface area contributed by atoms with Crippen LogP contribution in [0.5, 0.6) is 11.5 Å². The van der Waals surface area contributed by atoms with Crippen LogP contribution >= 0.6 is 136 Å². The zero-order chi connectivity index (χ0) is 47.9. The molecule has 0 radical (unpaired) electrons. The molecule has 3 saturated carbocycles. The van der Waals surface area contributed by atoms with Crippen molar-refractivity contribution >= 4 is 159 Å². The summed E-state index contributed by atoms with van der Waals surface area (Å²) >= 11 is 13.2. The molecule has 364 valence electrons. The second-order valence-corrected chi connectivity index (χ2v) is 27.5. The van der Waals surface area contributed by atoms with Crippen LogP contribution in [0, 0.1) is 67.8 Å². The van der Waals surface area contributed by atoms with Crippen molar-refractivity contribution in [3.8, 4) is 11.5 Å². The Hall–Kier alpha value is 0.440. The molecule has 4 aliphatic rings. The second kappa shape index (κ2) is 25.4. The first-order valence-electron chi connectivity index (χ1n) is 24.1. The molecule has 0 bridgehead atoms. The van der Waals surface area contributed by atoms with E-state index in [0.717, 1.165) is 76.7 Å². The molecule has 0 saturated heterocycles. The molecule has 0 aromatic heterocycles. The minimum Gasteiger partial charge on any atom is -0.462 e. The van der Waals surface area contributed by atoms with Crippen molar-refractivity contribution in [2.45, 2.75) is 169 Å². The fourth-order valence-electron chi connectivity index (χ4n) is 12.2. The van der Waals surface area contributed by atoms with Crippen molar-refractivity contribution in [3.05, 3.63) is 57.3 Å². The third-order valence-corrected chi connectivity index (χ3v) is 20.0. The standard InChI is InChI=1S/C52H66I6O8/c1-30(2)9-6-10-31(3)38-17-18-39-37-16-15-32-25-36(21-23-51(32,4)40(37)22-24-52(38,39)5)64-48(62)20-19-47(61)63-35(11-7-13-45(59)65-49-41(55)26-33(53)27-42(49)56)12-8-14-46(60)66-50-43(57)28-34(54)29-44(50)58/h15,26-31,35-40H,6-14,16-25H2,1-5H3/t31-,36+,37+,38-,39+,40+,51+,52-/m1/s1. The van der Waals surface area contributed by atoms with E-state index < -0.39 is 12.1 Å². The summed E-state index contributed by atoms with van der Waals surface area (Å²) < 4.78 is 29.0. The number of benzene rings is 2. The molecule has 2 aromatic carbocycles. The van der Waals surface area contributed by atoms with Gasteiger partial charge in [0.15, 0.2) is 11.5 Å². The van der Waals surface area contributed by atoms with Crippen LogP contribution in [0.3, 0.4) is 0 Å². The van der Waals surface area contributed by atoms with Gasteiger partial charge in [-0.15, -0.1) is 0 Å². The number of carbonyl (C=O) groups excluding carboxylic acids is 4. The summed E-state index contributed by atoms with van der Waals surface area (Å²) in [6.45, 7) is 12.4. The Morgan fingerprint density at radius 1 is 0.636 bits per heavy atom. The molecule has 2 aromatic rings. The first kappa shape index (κ1) is 55.7. The lowest BCUT2D eigenvalue weighted by atomic mass is 9.47. The maximum Gasteiger partial charge on any atom is 0.311 e. The number of allylic oxidation sites excluding steroid dienone is 1. The Bertz CT molecular complexity index is 1980. The van der Waals surface area contributed by atoms with Crippen molar-refractivity contribution in [2.24, 2.45) is 46.3 Å². The van der Waals surface area contributed by atoms with Crippen LogP contribution in [-0.2, 0) is 28.7 Å². The summed E-state index contributed by atoms with van der Waals surface area (Å²) in [5, 5.41) is 0. The molecule has 3 fully saturated rings. The molecule has 8 atom stereocenters. The summed E-state index contributed by atoms with van der Waals surface area (Å²) in [5.41, 5.74) is 2.10. The second-order valence-electron chi connectivity index (χ2n) is 20.4. The Morgan fingerprint density at radius 2 is 1.20 bits per heavy atom.